The normalized spacial score (nSPS) is 11.1. The molecule has 0 saturated heterocycles. The molecule has 202 valence electrons. The fourth-order valence-corrected chi connectivity index (χ4v) is 4.03. The lowest BCUT2D eigenvalue weighted by atomic mass is 10.0. The van der Waals surface area contributed by atoms with Gasteiger partial charge in [0.15, 0.2) is 0 Å². The zero-order valence-electron chi connectivity index (χ0n) is 23.1. The van der Waals surface area contributed by atoms with Gasteiger partial charge in [-0.05, 0) is 68.5 Å². The fraction of sp³-hybridized carbons (Fsp3) is 0.531. The highest BCUT2D eigenvalue weighted by Crippen LogP contribution is 2.25. The molecule has 2 aromatic rings. The van der Waals surface area contributed by atoms with Crippen molar-refractivity contribution >= 4 is 17.3 Å². The number of carbonyl (C=O) groups is 1. The number of benzene rings is 2. The maximum atomic E-state index is 11.3. The molecule has 5 nitrogen and oxygen atoms in total. The molecule has 0 atom stereocenters. The maximum absolute atomic E-state index is 11.3. The van der Waals surface area contributed by atoms with Crippen LogP contribution >= 0.6 is 0 Å². The fourth-order valence-electron chi connectivity index (χ4n) is 4.03. The molecule has 0 spiro atoms. The summed E-state index contributed by atoms with van der Waals surface area (Å²) in [6.45, 7) is 8.73. The quantitative estimate of drug-likeness (QED) is 0.0777. The summed E-state index contributed by atoms with van der Waals surface area (Å²) in [7, 11) is 0. The summed E-state index contributed by atoms with van der Waals surface area (Å²) in [6, 6.07) is 16.2. The molecule has 5 heteroatoms. The molecule has 0 N–H and O–H groups in total. The Morgan fingerprint density at radius 2 is 1.38 bits per heavy atom. The minimum absolute atomic E-state index is 0.284. The topological polar surface area (TPSA) is 60.2 Å². The van der Waals surface area contributed by atoms with Gasteiger partial charge in [-0.15, -0.1) is 0 Å². The molecule has 0 aliphatic heterocycles. The van der Waals surface area contributed by atoms with Gasteiger partial charge < -0.3 is 9.47 Å². The van der Waals surface area contributed by atoms with Gasteiger partial charge in [0.05, 0.1) is 24.6 Å². The largest absolute Gasteiger partial charge is 0.494 e. The Kier molecular flexibility index (Phi) is 15.7. The number of azo groups is 1. The van der Waals surface area contributed by atoms with E-state index in [0.29, 0.717) is 12.2 Å². The van der Waals surface area contributed by atoms with Crippen LogP contribution in [-0.4, -0.2) is 19.2 Å². The van der Waals surface area contributed by atoms with Crippen LogP contribution in [0.25, 0.3) is 0 Å². The Morgan fingerprint density at radius 1 is 0.757 bits per heavy atom. The molecule has 0 amide bonds. The monoisotopic (exact) mass is 506 g/mol. The Morgan fingerprint density at radius 3 is 2.05 bits per heavy atom. The van der Waals surface area contributed by atoms with Crippen LogP contribution in [0.5, 0.6) is 5.75 Å². The highest BCUT2D eigenvalue weighted by Gasteiger charge is 2.03. The van der Waals surface area contributed by atoms with Gasteiger partial charge in [-0.3, -0.25) is 0 Å². The van der Waals surface area contributed by atoms with Crippen molar-refractivity contribution in [3.63, 3.8) is 0 Å². The van der Waals surface area contributed by atoms with Crippen molar-refractivity contribution < 1.29 is 14.3 Å². The molecule has 0 aliphatic carbocycles. The van der Waals surface area contributed by atoms with Gasteiger partial charge in [-0.2, -0.15) is 10.2 Å². The van der Waals surface area contributed by atoms with E-state index in [0.717, 1.165) is 49.4 Å². The molecular formula is C32H46N2O3. The number of unbranched alkanes of at least 4 members (excludes halogenated alkanes) is 10. The number of hydrogen-bond donors (Lipinski definition) is 0. The Hall–Kier alpha value is -2.95. The summed E-state index contributed by atoms with van der Waals surface area (Å²) in [5.74, 6) is 0.594. The number of hydrogen-bond acceptors (Lipinski definition) is 5. The van der Waals surface area contributed by atoms with E-state index in [1.54, 1.807) is 6.92 Å². The lowest BCUT2D eigenvalue weighted by Crippen LogP contribution is -2.05. The standard InChI is InChI=1S/C32H46N2O3/c1-4-5-6-13-18-28-19-14-15-20-31(28)34-33-29-21-23-30(24-22-29)36-25-16-11-9-7-8-10-12-17-26-37-32(35)27(2)3/h14-15,19-24H,2,4-13,16-18,25-26H2,1,3H3. The molecule has 37 heavy (non-hydrogen) atoms. The first-order chi connectivity index (χ1) is 18.1. The van der Waals surface area contributed by atoms with Crippen LogP contribution in [0.3, 0.4) is 0 Å². The lowest BCUT2D eigenvalue weighted by molar-refractivity contribution is -0.139. The van der Waals surface area contributed by atoms with Crippen molar-refractivity contribution in [3.05, 3.63) is 66.2 Å². The molecular weight excluding hydrogens is 460 g/mol. The molecule has 0 aliphatic rings. The van der Waals surface area contributed by atoms with Crippen LogP contribution in [0.2, 0.25) is 0 Å². The molecule has 0 saturated carbocycles. The number of rotatable bonds is 20. The second-order valence-corrected chi connectivity index (χ2v) is 9.73. The summed E-state index contributed by atoms with van der Waals surface area (Å²) in [6.07, 6.45) is 15.2. The molecule has 2 rings (SSSR count). The molecule has 0 unspecified atom stereocenters. The van der Waals surface area contributed by atoms with E-state index in [9.17, 15) is 4.79 Å². The first kappa shape index (κ1) is 30.3. The highest BCUT2D eigenvalue weighted by atomic mass is 16.5. The van der Waals surface area contributed by atoms with Gasteiger partial charge in [-0.1, -0.05) is 89.5 Å². The van der Waals surface area contributed by atoms with Gasteiger partial charge in [0.25, 0.3) is 0 Å². The highest BCUT2D eigenvalue weighted by molar-refractivity contribution is 5.86. The van der Waals surface area contributed by atoms with Crippen molar-refractivity contribution in [2.24, 2.45) is 10.2 Å². The third kappa shape index (κ3) is 13.8. The van der Waals surface area contributed by atoms with Crippen molar-refractivity contribution in [3.8, 4) is 5.75 Å². The van der Waals surface area contributed by atoms with E-state index in [-0.39, 0.29) is 5.97 Å². The van der Waals surface area contributed by atoms with E-state index in [1.165, 1.54) is 63.4 Å². The number of esters is 1. The van der Waals surface area contributed by atoms with Crippen LogP contribution < -0.4 is 4.74 Å². The SMILES string of the molecule is C=C(C)C(=O)OCCCCCCCCCCOc1ccc(N=Nc2ccccc2CCCCCC)cc1. The van der Waals surface area contributed by atoms with Crippen LogP contribution in [-0.2, 0) is 16.0 Å². The third-order valence-electron chi connectivity index (χ3n) is 6.29. The first-order valence-electron chi connectivity index (χ1n) is 14.1. The molecule has 0 fully saturated rings. The van der Waals surface area contributed by atoms with Gasteiger partial charge in [-0.25, -0.2) is 4.79 Å². The molecule has 0 radical (unpaired) electrons. The van der Waals surface area contributed by atoms with Crippen molar-refractivity contribution in [2.45, 2.75) is 97.3 Å². The maximum Gasteiger partial charge on any atom is 0.333 e. The molecule has 0 heterocycles. The van der Waals surface area contributed by atoms with Crippen LogP contribution in [0, 0.1) is 0 Å². The van der Waals surface area contributed by atoms with E-state index < -0.39 is 0 Å². The van der Waals surface area contributed by atoms with E-state index in [2.05, 4.69) is 35.9 Å². The zero-order chi connectivity index (χ0) is 26.6. The predicted molar refractivity (Wildman–Crippen MR) is 153 cm³/mol. The number of carbonyl (C=O) groups excluding carboxylic acids is 1. The smallest absolute Gasteiger partial charge is 0.333 e. The minimum atomic E-state index is -0.284. The second kappa shape index (κ2) is 19.2. The van der Waals surface area contributed by atoms with E-state index in [4.69, 9.17) is 9.47 Å². The Bertz CT molecular complexity index is 937. The Labute approximate surface area is 224 Å². The summed E-state index contributed by atoms with van der Waals surface area (Å²) >= 11 is 0. The first-order valence-corrected chi connectivity index (χ1v) is 14.1. The number of aryl methyl sites for hydroxylation is 1. The van der Waals surface area contributed by atoms with Crippen molar-refractivity contribution in [1.29, 1.82) is 0 Å². The van der Waals surface area contributed by atoms with Gasteiger partial charge in [0, 0.05) is 5.57 Å². The van der Waals surface area contributed by atoms with E-state index in [1.807, 2.05) is 36.4 Å². The van der Waals surface area contributed by atoms with Gasteiger partial charge in [0.2, 0.25) is 0 Å². The summed E-state index contributed by atoms with van der Waals surface area (Å²) in [4.78, 5) is 11.3. The van der Waals surface area contributed by atoms with Gasteiger partial charge in [0.1, 0.15) is 5.75 Å². The van der Waals surface area contributed by atoms with Crippen molar-refractivity contribution in [1.82, 2.24) is 0 Å². The summed E-state index contributed by atoms with van der Waals surface area (Å²) < 4.78 is 11.0. The van der Waals surface area contributed by atoms with Crippen LogP contribution in [0.1, 0.15) is 96.5 Å². The zero-order valence-corrected chi connectivity index (χ0v) is 23.1. The minimum Gasteiger partial charge on any atom is -0.494 e. The summed E-state index contributed by atoms with van der Waals surface area (Å²) in [5.41, 5.74) is 3.53. The van der Waals surface area contributed by atoms with Gasteiger partial charge >= 0.3 is 5.97 Å². The third-order valence-corrected chi connectivity index (χ3v) is 6.29. The Balaban J connectivity index is 1.55. The average Bonchev–Trinajstić information content (AvgIpc) is 2.91. The predicted octanol–water partition coefficient (Wildman–Crippen LogP) is 9.84. The molecule has 0 aromatic heterocycles. The van der Waals surface area contributed by atoms with E-state index >= 15 is 0 Å². The van der Waals surface area contributed by atoms with Crippen molar-refractivity contribution in [2.75, 3.05) is 13.2 Å². The lowest BCUT2D eigenvalue weighted by Gasteiger charge is -2.07. The van der Waals surface area contributed by atoms with Crippen LogP contribution in [0.15, 0.2) is 70.9 Å². The molecule has 2 aromatic carbocycles. The average molecular weight is 507 g/mol. The van der Waals surface area contributed by atoms with Crippen LogP contribution in [0.4, 0.5) is 11.4 Å². The number of nitrogens with zero attached hydrogens (tertiary/aromatic N) is 2. The second-order valence-electron chi connectivity index (χ2n) is 9.73. The molecule has 0 bridgehead atoms. The summed E-state index contributed by atoms with van der Waals surface area (Å²) in [5, 5.41) is 8.95. The number of ether oxygens (including phenoxy) is 2.